The summed E-state index contributed by atoms with van der Waals surface area (Å²) in [7, 11) is 0. The Morgan fingerprint density at radius 2 is 2.16 bits per heavy atom. The van der Waals surface area contributed by atoms with E-state index >= 15 is 0 Å². The third-order valence-corrected chi connectivity index (χ3v) is 4.29. The van der Waals surface area contributed by atoms with Crippen LogP contribution in [0.5, 0.6) is 0 Å². The van der Waals surface area contributed by atoms with Crippen LogP contribution in [0.25, 0.3) is 0 Å². The van der Waals surface area contributed by atoms with Gasteiger partial charge in [0.25, 0.3) is 5.91 Å². The van der Waals surface area contributed by atoms with Gasteiger partial charge in [-0.15, -0.1) is 0 Å². The summed E-state index contributed by atoms with van der Waals surface area (Å²) in [5, 5.41) is 10.1. The van der Waals surface area contributed by atoms with Crippen LogP contribution >= 0.6 is 0 Å². The van der Waals surface area contributed by atoms with Crippen molar-refractivity contribution in [1.82, 2.24) is 9.47 Å². The molecule has 0 spiro atoms. The first-order valence-electron chi connectivity index (χ1n) is 7.25. The third kappa shape index (κ3) is 2.68. The molecule has 0 radical (unpaired) electrons. The molecule has 104 valence electrons. The van der Waals surface area contributed by atoms with Crippen LogP contribution in [0.4, 0.5) is 0 Å². The maximum Gasteiger partial charge on any atom is 0.270 e. The van der Waals surface area contributed by atoms with E-state index in [1.807, 2.05) is 30.2 Å². The number of hydrogen-bond acceptors (Lipinski definition) is 2. The highest BCUT2D eigenvalue weighted by atomic mass is 16.3. The van der Waals surface area contributed by atoms with Crippen molar-refractivity contribution in [2.24, 2.45) is 0 Å². The smallest absolute Gasteiger partial charge is 0.270 e. The number of aliphatic hydroxyl groups is 1. The van der Waals surface area contributed by atoms with Crippen LogP contribution in [0.3, 0.4) is 0 Å². The van der Waals surface area contributed by atoms with Gasteiger partial charge in [0.15, 0.2) is 0 Å². The molecule has 2 heterocycles. The van der Waals surface area contributed by atoms with Gasteiger partial charge < -0.3 is 14.6 Å². The first-order valence-corrected chi connectivity index (χ1v) is 7.25. The number of hydrogen-bond donors (Lipinski definition) is 1. The van der Waals surface area contributed by atoms with Crippen molar-refractivity contribution in [3.8, 4) is 0 Å². The molecule has 2 aliphatic rings. The van der Waals surface area contributed by atoms with E-state index in [2.05, 4.69) is 4.57 Å². The lowest BCUT2D eigenvalue weighted by Crippen LogP contribution is -2.34. The fraction of sp³-hybridized carbons (Fsp3) is 0.667. The molecule has 1 aromatic rings. The fourth-order valence-corrected chi connectivity index (χ4v) is 2.87. The van der Waals surface area contributed by atoms with Crippen molar-refractivity contribution in [2.75, 3.05) is 13.1 Å². The Kier molecular flexibility index (Phi) is 3.13. The Balaban J connectivity index is 1.74. The molecule has 4 heteroatoms. The summed E-state index contributed by atoms with van der Waals surface area (Å²) in [6.07, 6.45) is 6.71. The molecule has 1 unspecified atom stereocenters. The molecule has 19 heavy (non-hydrogen) atoms. The van der Waals surface area contributed by atoms with E-state index in [9.17, 15) is 9.90 Å². The third-order valence-electron chi connectivity index (χ3n) is 4.29. The number of carbonyl (C=O) groups excluding carboxylic acids is 1. The zero-order valence-electron chi connectivity index (χ0n) is 11.5. The van der Waals surface area contributed by atoms with Crippen molar-refractivity contribution < 1.29 is 9.90 Å². The molecule has 1 aliphatic carbocycles. The molecule has 3 rings (SSSR count). The van der Waals surface area contributed by atoms with Gasteiger partial charge >= 0.3 is 0 Å². The van der Waals surface area contributed by atoms with E-state index in [-0.39, 0.29) is 5.91 Å². The monoisotopic (exact) mass is 262 g/mol. The lowest BCUT2D eigenvalue weighted by atomic mass is 9.98. The Hall–Kier alpha value is -1.29. The van der Waals surface area contributed by atoms with E-state index in [0.717, 1.165) is 25.1 Å². The quantitative estimate of drug-likeness (QED) is 0.888. The van der Waals surface area contributed by atoms with Gasteiger partial charge in [-0.3, -0.25) is 4.79 Å². The van der Waals surface area contributed by atoms with Crippen LogP contribution in [-0.4, -0.2) is 39.2 Å². The zero-order chi connectivity index (χ0) is 13.5. The normalized spacial score (nSPS) is 28.2. The van der Waals surface area contributed by atoms with Crippen molar-refractivity contribution in [2.45, 2.75) is 50.7 Å². The molecular formula is C15H22N2O2. The minimum atomic E-state index is -0.618. The maximum absolute atomic E-state index is 12.6. The standard InChI is InChI=1S/C15H22N2O2/c1-15(19)7-3-9-16(11-8-15)14(18)13-4-2-10-17(13)12-5-6-12/h2,4,10,12,19H,3,5-9,11H2,1H3. The number of nitrogens with zero attached hydrogens (tertiary/aromatic N) is 2. The van der Waals surface area contributed by atoms with Gasteiger partial charge in [-0.25, -0.2) is 0 Å². The van der Waals surface area contributed by atoms with Crippen LogP contribution in [0.15, 0.2) is 18.3 Å². The van der Waals surface area contributed by atoms with Crippen LogP contribution in [0.2, 0.25) is 0 Å². The van der Waals surface area contributed by atoms with E-state index < -0.39 is 5.60 Å². The average Bonchev–Trinajstić information content (AvgIpc) is 3.12. The Morgan fingerprint density at radius 1 is 1.37 bits per heavy atom. The summed E-state index contributed by atoms with van der Waals surface area (Å²) in [4.78, 5) is 14.5. The lowest BCUT2D eigenvalue weighted by molar-refractivity contribution is 0.0436. The van der Waals surface area contributed by atoms with Crippen LogP contribution in [0.1, 0.15) is 55.6 Å². The molecule has 4 nitrogen and oxygen atoms in total. The van der Waals surface area contributed by atoms with Crippen molar-refractivity contribution in [1.29, 1.82) is 0 Å². The van der Waals surface area contributed by atoms with Crippen molar-refractivity contribution >= 4 is 5.91 Å². The Morgan fingerprint density at radius 3 is 2.89 bits per heavy atom. The van der Waals surface area contributed by atoms with Gasteiger partial charge in [0.05, 0.1) is 5.60 Å². The number of likely N-dealkylation sites (tertiary alicyclic amines) is 1. The summed E-state index contributed by atoms with van der Waals surface area (Å²) >= 11 is 0. The van der Waals surface area contributed by atoms with E-state index in [1.54, 1.807) is 0 Å². The van der Waals surface area contributed by atoms with Crippen LogP contribution in [-0.2, 0) is 0 Å². The van der Waals surface area contributed by atoms with Crippen LogP contribution in [0, 0.1) is 0 Å². The molecule has 1 saturated heterocycles. The largest absolute Gasteiger partial charge is 0.390 e. The molecule has 2 fully saturated rings. The SMILES string of the molecule is CC1(O)CCCN(C(=O)c2cccn2C2CC2)CC1. The van der Waals surface area contributed by atoms with E-state index in [1.165, 1.54) is 12.8 Å². The van der Waals surface area contributed by atoms with Gasteiger partial charge in [0.1, 0.15) is 5.69 Å². The molecule has 0 aromatic carbocycles. The van der Waals surface area contributed by atoms with E-state index in [4.69, 9.17) is 0 Å². The minimum Gasteiger partial charge on any atom is -0.390 e. The van der Waals surface area contributed by atoms with Gasteiger partial charge in [-0.05, 0) is 51.2 Å². The Bertz CT molecular complexity index is 474. The van der Waals surface area contributed by atoms with Crippen LogP contribution < -0.4 is 0 Å². The highest BCUT2D eigenvalue weighted by Gasteiger charge is 2.31. The summed E-state index contributed by atoms with van der Waals surface area (Å²) in [5.41, 5.74) is 0.192. The number of rotatable bonds is 2. The second-order valence-corrected chi connectivity index (χ2v) is 6.17. The number of amides is 1. The molecule has 1 aliphatic heterocycles. The van der Waals surface area contributed by atoms with Gasteiger partial charge in [0, 0.05) is 25.3 Å². The van der Waals surface area contributed by atoms with Gasteiger partial charge in [-0.2, -0.15) is 0 Å². The molecule has 1 saturated carbocycles. The average molecular weight is 262 g/mol. The second kappa shape index (κ2) is 4.67. The van der Waals surface area contributed by atoms with Crippen molar-refractivity contribution in [3.63, 3.8) is 0 Å². The maximum atomic E-state index is 12.6. The zero-order valence-corrected chi connectivity index (χ0v) is 11.5. The molecule has 0 bridgehead atoms. The van der Waals surface area contributed by atoms with Crippen molar-refractivity contribution in [3.05, 3.63) is 24.0 Å². The number of aromatic nitrogens is 1. The second-order valence-electron chi connectivity index (χ2n) is 6.17. The highest BCUT2D eigenvalue weighted by Crippen LogP contribution is 2.36. The van der Waals surface area contributed by atoms with Gasteiger partial charge in [0.2, 0.25) is 0 Å². The molecule has 1 N–H and O–H groups in total. The minimum absolute atomic E-state index is 0.120. The highest BCUT2D eigenvalue weighted by molar-refractivity contribution is 5.92. The first kappa shape index (κ1) is 12.7. The molecular weight excluding hydrogens is 240 g/mol. The molecule has 1 aromatic heterocycles. The lowest BCUT2D eigenvalue weighted by Gasteiger charge is -2.23. The Labute approximate surface area is 114 Å². The first-order chi connectivity index (χ1) is 9.07. The summed E-state index contributed by atoms with van der Waals surface area (Å²) in [5.74, 6) is 0.120. The summed E-state index contributed by atoms with van der Waals surface area (Å²) in [6.45, 7) is 3.28. The molecule has 1 amide bonds. The topological polar surface area (TPSA) is 45.5 Å². The van der Waals surface area contributed by atoms with E-state index in [0.29, 0.717) is 19.0 Å². The predicted octanol–water partition coefficient (Wildman–Crippen LogP) is 2.20. The summed E-state index contributed by atoms with van der Waals surface area (Å²) in [6, 6.07) is 4.41. The fourth-order valence-electron chi connectivity index (χ4n) is 2.87. The summed E-state index contributed by atoms with van der Waals surface area (Å²) < 4.78 is 2.12. The molecule has 1 atom stereocenters. The van der Waals surface area contributed by atoms with Gasteiger partial charge in [-0.1, -0.05) is 0 Å². The predicted molar refractivity (Wildman–Crippen MR) is 73.1 cm³/mol. The number of carbonyl (C=O) groups is 1.